The minimum absolute atomic E-state index is 0.143. The number of nitrogens with one attached hydrogen (secondary N) is 1. The van der Waals surface area contributed by atoms with Gasteiger partial charge in [-0.3, -0.25) is 19.3 Å². The van der Waals surface area contributed by atoms with Gasteiger partial charge in [-0.15, -0.1) is 0 Å². The molecule has 7 nitrogen and oxygen atoms in total. The lowest BCUT2D eigenvalue weighted by atomic mass is 10.1. The van der Waals surface area contributed by atoms with Gasteiger partial charge in [0.1, 0.15) is 18.3 Å². The Morgan fingerprint density at radius 3 is 2.39 bits per heavy atom. The zero-order valence-electron chi connectivity index (χ0n) is 19.0. The third-order valence-corrected chi connectivity index (χ3v) is 6.09. The second-order valence-electron chi connectivity index (χ2n) is 7.98. The molecule has 3 aromatic rings. The molecule has 1 aliphatic rings. The molecule has 1 aliphatic heterocycles. The van der Waals surface area contributed by atoms with E-state index in [-0.39, 0.29) is 30.8 Å². The predicted molar refractivity (Wildman–Crippen MR) is 127 cm³/mol. The van der Waals surface area contributed by atoms with E-state index in [4.69, 9.17) is 4.74 Å². The van der Waals surface area contributed by atoms with E-state index in [9.17, 15) is 14.4 Å². The van der Waals surface area contributed by atoms with E-state index in [1.807, 2.05) is 61.5 Å². The molecule has 3 amide bonds. The normalized spacial score (nSPS) is 13.2. The van der Waals surface area contributed by atoms with Crippen molar-refractivity contribution in [2.45, 2.75) is 25.9 Å². The Labute approximate surface area is 192 Å². The van der Waals surface area contributed by atoms with E-state index in [1.165, 1.54) is 4.90 Å². The molecule has 170 valence electrons. The molecule has 0 aliphatic carbocycles. The molecule has 0 unspecified atom stereocenters. The molecule has 1 atom stereocenters. The van der Waals surface area contributed by atoms with Crippen LogP contribution in [-0.4, -0.2) is 49.4 Å². The van der Waals surface area contributed by atoms with Crippen molar-refractivity contribution in [2.24, 2.45) is 0 Å². The predicted octanol–water partition coefficient (Wildman–Crippen LogP) is 3.36. The van der Waals surface area contributed by atoms with Crippen LogP contribution in [0.4, 0.5) is 5.69 Å². The smallest absolute Gasteiger partial charge is 0.259 e. The third-order valence-electron chi connectivity index (χ3n) is 6.09. The Morgan fingerprint density at radius 2 is 1.76 bits per heavy atom. The number of hydrogen-bond donors (Lipinski definition) is 1. The van der Waals surface area contributed by atoms with Gasteiger partial charge < -0.3 is 15.0 Å². The number of ether oxygens (including phenoxy) is 1. The molecule has 7 heteroatoms. The molecular formula is C26H27N3O4. The van der Waals surface area contributed by atoms with Gasteiger partial charge in [0.25, 0.3) is 5.91 Å². The lowest BCUT2D eigenvalue weighted by Gasteiger charge is -2.32. The highest BCUT2D eigenvalue weighted by Crippen LogP contribution is 2.37. The fourth-order valence-corrected chi connectivity index (χ4v) is 4.38. The number of hydrogen-bond acceptors (Lipinski definition) is 4. The lowest BCUT2D eigenvalue weighted by Crippen LogP contribution is -2.51. The maximum absolute atomic E-state index is 13.6. The molecule has 3 aromatic carbocycles. The molecule has 0 spiro atoms. The van der Waals surface area contributed by atoms with E-state index in [1.54, 1.807) is 25.1 Å². The van der Waals surface area contributed by atoms with Gasteiger partial charge in [0.15, 0.2) is 0 Å². The number of methoxy groups -OCH3 is 1. The highest BCUT2D eigenvalue weighted by atomic mass is 16.5. The molecule has 0 saturated carbocycles. The molecular weight excluding hydrogens is 418 g/mol. The standard InChI is InChI=1S/C26H27N3O4/c1-4-21(25(31)27-2)28(15-17-11-13-19(33-3)14-12-17)23(30)16-29-22-10-6-8-18-7-5-9-20(24(18)22)26(29)32/h5-14,21H,4,15-16H2,1-3H3,(H,27,31)/t21-/m0/s1. The maximum Gasteiger partial charge on any atom is 0.259 e. The minimum atomic E-state index is -0.652. The van der Waals surface area contributed by atoms with Crippen molar-refractivity contribution in [1.82, 2.24) is 10.2 Å². The van der Waals surface area contributed by atoms with Gasteiger partial charge in [-0.25, -0.2) is 0 Å². The number of nitrogens with zero attached hydrogens (tertiary/aromatic N) is 2. The van der Waals surface area contributed by atoms with Gasteiger partial charge in [-0.1, -0.05) is 43.3 Å². The van der Waals surface area contributed by atoms with Crippen molar-refractivity contribution >= 4 is 34.2 Å². The highest BCUT2D eigenvalue weighted by Gasteiger charge is 2.34. The fourth-order valence-electron chi connectivity index (χ4n) is 4.38. The maximum atomic E-state index is 13.6. The molecule has 1 heterocycles. The zero-order valence-corrected chi connectivity index (χ0v) is 19.0. The van der Waals surface area contributed by atoms with Crippen LogP contribution < -0.4 is 15.0 Å². The molecule has 0 fully saturated rings. The van der Waals surface area contributed by atoms with Crippen molar-refractivity contribution in [3.8, 4) is 5.75 Å². The first-order chi connectivity index (χ1) is 16.0. The second-order valence-corrected chi connectivity index (χ2v) is 7.98. The van der Waals surface area contributed by atoms with Crippen molar-refractivity contribution in [3.05, 3.63) is 71.8 Å². The van der Waals surface area contributed by atoms with Crippen LogP contribution in [0.3, 0.4) is 0 Å². The largest absolute Gasteiger partial charge is 0.497 e. The number of carbonyl (C=O) groups is 3. The number of carbonyl (C=O) groups excluding carboxylic acids is 3. The molecule has 0 aromatic heterocycles. The van der Waals surface area contributed by atoms with Crippen LogP contribution in [0.2, 0.25) is 0 Å². The zero-order chi connectivity index (χ0) is 23.5. The average molecular weight is 446 g/mol. The van der Waals surface area contributed by atoms with Gasteiger partial charge >= 0.3 is 0 Å². The van der Waals surface area contributed by atoms with Crippen molar-refractivity contribution in [2.75, 3.05) is 25.6 Å². The van der Waals surface area contributed by atoms with E-state index < -0.39 is 6.04 Å². The number of rotatable bonds is 8. The van der Waals surface area contributed by atoms with Gasteiger partial charge in [0.2, 0.25) is 11.8 Å². The lowest BCUT2D eigenvalue weighted by molar-refractivity contribution is -0.140. The Morgan fingerprint density at radius 1 is 1.06 bits per heavy atom. The summed E-state index contributed by atoms with van der Waals surface area (Å²) in [5.74, 6) is -0.0204. The average Bonchev–Trinajstić information content (AvgIpc) is 3.12. The Kier molecular flexibility index (Phi) is 6.31. The van der Waals surface area contributed by atoms with E-state index in [2.05, 4.69) is 5.32 Å². The van der Waals surface area contributed by atoms with Crippen LogP contribution >= 0.6 is 0 Å². The summed E-state index contributed by atoms with van der Waals surface area (Å²) in [5.41, 5.74) is 2.18. The SMILES string of the molecule is CC[C@@H](C(=O)NC)N(Cc1ccc(OC)cc1)C(=O)CN1C(=O)c2cccc3cccc1c23. The van der Waals surface area contributed by atoms with E-state index in [0.717, 1.165) is 22.0 Å². The summed E-state index contributed by atoms with van der Waals surface area (Å²) >= 11 is 0. The molecule has 0 bridgehead atoms. The third kappa shape index (κ3) is 4.14. The molecule has 0 saturated heterocycles. The summed E-state index contributed by atoms with van der Waals surface area (Å²) in [5, 5.41) is 4.47. The Bertz CT molecular complexity index is 1200. The summed E-state index contributed by atoms with van der Waals surface area (Å²) in [6.07, 6.45) is 0.450. The highest BCUT2D eigenvalue weighted by molar-refractivity contribution is 6.26. The minimum Gasteiger partial charge on any atom is -0.497 e. The van der Waals surface area contributed by atoms with Gasteiger partial charge in [-0.05, 0) is 41.6 Å². The summed E-state index contributed by atoms with van der Waals surface area (Å²) in [7, 11) is 3.15. The van der Waals surface area contributed by atoms with E-state index in [0.29, 0.717) is 17.7 Å². The summed E-state index contributed by atoms with van der Waals surface area (Å²) in [6, 6.07) is 18.0. The van der Waals surface area contributed by atoms with Crippen molar-refractivity contribution < 1.29 is 19.1 Å². The number of anilines is 1. The topological polar surface area (TPSA) is 79.0 Å². The van der Waals surface area contributed by atoms with Crippen LogP contribution in [0.5, 0.6) is 5.75 Å². The molecule has 33 heavy (non-hydrogen) atoms. The summed E-state index contributed by atoms with van der Waals surface area (Å²) in [4.78, 5) is 42.4. The fraction of sp³-hybridized carbons (Fsp3) is 0.269. The van der Waals surface area contributed by atoms with Gasteiger partial charge in [0.05, 0.1) is 12.8 Å². The van der Waals surface area contributed by atoms with Crippen LogP contribution in [-0.2, 0) is 16.1 Å². The molecule has 1 N–H and O–H groups in total. The summed E-state index contributed by atoms with van der Waals surface area (Å²) < 4.78 is 5.22. The first-order valence-corrected chi connectivity index (χ1v) is 11.0. The van der Waals surface area contributed by atoms with Crippen LogP contribution in [0, 0.1) is 0 Å². The molecule has 4 rings (SSSR count). The van der Waals surface area contributed by atoms with Crippen LogP contribution in [0.25, 0.3) is 10.8 Å². The van der Waals surface area contributed by atoms with Gasteiger partial charge in [0, 0.05) is 24.5 Å². The van der Waals surface area contributed by atoms with Crippen molar-refractivity contribution in [1.29, 1.82) is 0 Å². The van der Waals surface area contributed by atoms with E-state index >= 15 is 0 Å². The quantitative estimate of drug-likeness (QED) is 0.577. The number of amides is 3. The number of benzene rings is 3. The van der Waals surface area contributed by atoms with Crippen LogP contribution in [0.15, 0.2) is 60.7 Å². The van der Waals surface area contributed by atoms with Crippen molar-refractivity contribution in [3.63, 3.8) is 0 Å². The first-order valence-electron chi connectivity index (χ1n) is 11.0. The first kappa shape index (κ1) is 22.3. The Balaban J connectivity index is 1.64. The number of likely N-dealkylation sites (N-methyl/N-ethyl adjacent to an activating group) is 1. The molecule has 0 radical (unpaired) electrons. The van der Waals surface area contributed by atoms with Crippen LogP contribution in [0.1, 0.15) is 29.3 Å². The van der Waals surface area contributed by atoms with Gasteiger partial charge in [-0.2, -0.15) is 0 Å². The monoisotopic (exact) mass is 445 g/mol. The Hall–Kier alpha value is -3.87. The summed E-state index contributed by atoms with van der Waals surface area (Å²) in [6.45, 7) is 1.97. The second kappa shape index (κ2) is 9.32.